The Balaban J connectivity index is 2.82. The number of nitrogen functional groups attached to an aromatic ring is 2. The minimum Gasteiger partial charge on any atom is -0.396 e. The quantitative estimate of drug-likeness (QED) is 0.687. The van der Waals surface area contributed by atoms with Crippen molar-refractivity contribution in [1.82, 2.24) is 4.98 Å². The maximum Gasteiger partial charge on any atom is 0.128 e. The molecule has 6 heteroatoms. The number of nitriles is 1. The van der Waals surface area contributed by atoms with E-state index in [1.165, 1.54) is 24.3 Å². The predicted octanol–water partition coefficient (Wildman–Crippen LogP) is 2.59. The third-order valence-electron chi connectivity index (χ3n) is 2.53. The summed E-state index contributed by atoms with van der Waals surface area (Å²) in [6.45, 7) is 0. The van der Waals surface area contributed by atoms with Crippen molar-refractivity contribution in [3.8, 4) is 17.2 Å². The van der Waals surface area contributed by atoms with Gasteiger partial charge in [0.1, 0.15) is 27.9 Å². The number of pyridine rings is 1. The van der Waals surface area contributed by atoms with Crippen LogP contribution in [0.15, 0.2) is 24.3 Å². The molecule has 4 nitrogen and oxygen atoms in total. The van der Waals surface area contributed by atoms with Crippen LogP contribution in [-0.4, -0.2) is 4.98 Å². The lowest BCUT2D eigenvalue weighted by molar-refractivity contribution is 0.628. The number of aromatic nitrogens is 1. The Hall–Kier alpha value is -2.39. The Kier molecular flexibility index (Phi) is 3.00. The van der Waals surface area contributed by atoms with Crippen LogP contribution in [0.25, 0.3) is 11.1 Å². The molecule has 0 aliphatic carbocycles. The first-order valence-corrected chi connectivity index (χ1v) is 5.42. The van der Waals surface area contributed by atoms with Crippen LogP contribution in [-0.2, 0) is 0 Å². The van der Waals surface area contributed by atoms with E-state index < -0.39 is 0 Å². The van der Waals surface area contributed by atoms with Crippen LogP contribution in [0.4, 0.5) is 15.9 Å². The van der Waals surface area contributed by atoms with Crippen LogP contribution in [0.3, 0.4) is 0 Å². The van der Waals surface area contributed by atoms with Gasteiger partial charge in [-0.3, -0.25) is 0 Å². The van der Waals surface area contributed by atoms with Crippen molar-refractivity contribution in [3.05, 3.63) is 40.3 Å². The Morgan fingerprint density at radius 2 is 1.83 bits per heavy atom. The normalized spacial score (nSPS) is 10.0. The second kappa shape index (κ2) is 4.47. The van der Waals surface area contributed by atoms with Crippen molar-refractivity contribution >= 4 is 23.7 Å². The largest absolute Gasteiger partial charge is 0.396 e. The lowest BCUT2D eigenvalue weighted by Gasteiger charge is -2.10. The fourth-order valence-corrected chi connectivity index (χ4v) is 1.88. The van der Waals surface area contributed by atoms with E-state index in [1.807, 2.05) is 6.07 Å². The first-order chi connectivity index (χ1) is 8.54. The van der Waals surface area contributed by atoms with Crippen LogP contribution in [0.1, 0.15) is 5.56 Å². The zero-order chi connectivity index (χ0) is 13.3. The highest BCUT2D eigenvalue weighted by atomic mass is 32.1. The SMILES string of the molecule is N#Cc1c(N)[nH]c(=S)c(N)c1-c1ccc(F)cc1. The summed E-state index contributed by atoms with van der Waals surface area (Å²) in [6, 6.07) is 7.58. The van der Waals surface area contributed by atoms with Gasteiger partial charge in [0.15, 0.2) is 0 Å². The standard InChI is InChI=1S/C12H9FN4S/c13-7-3-1-6(2-4-7)9-8(5-14)11(16)17-12(18)10(9)15/h1-4H,15H2,(H3,16,17,18). The number of benzene rings is 1. The average molecular weight is 260 g/mol. The molecule has 2 rings (SSSR count). The van der Waals surface area contributed by atoms with Gasteiger partial charge in [0.05, 0.1) is 5.69 Å². The molecule has 5 N–H and O–H groups in total. The van der Waals surface area contributed by atoms with Crippen LogP contribution < -0.4 is 11.5 Å². The summed E-state index contributed by atoms with van der Waals surface area (Å²) >= 11 is 5.02. The van der Waals surface area contributed by atoms with Gasteiger partial charge >= 0.3 is 0 Å². The second-order valence-electron chi connectivity index (χ2n) is 3.65. The van der Waals surface area contributed by atoms with E-state index in [4.69, 9.17) is 28.9 Å². The molecule has 0 radical (unpaired) electrons. The third kappa shape index (κ3) is 1.92. The minimum atomic E-state index is -0.370. The number of anilines is 2. The number of hydrogen-bond donors (Lipinski definition) is 3. The van der Waals surface area contributed by atoms with Gasteiger partial charge in [-0.1, -0.05) is 24.4 Å². The zero-order valence-corrected chi connectivity index (χ0v) is 10.0. The fraction of sp³-hybridized carbons (Fsp3) is 0. The average Bonchev–Trinajstić information content (AvgIpc) is 2.35. The molecule has 0 spiro atoms. The van der Waals surface area contributed by atoms with E-state index in [-0.39, 0.29) is 27.5 Å². The van der Waals surface area contributed by atoms with Crippen LogP contribution in [0.2, 0.25) is 0 Å². The van der Waals surface area contributed by atoms with Gasteiger partial charge < -0.3 is 16.5 Å². The van der Waals surface area contributed by atoms with Crippen molar-refractivity contribution < 1.29 is 4.39 Å². The van der Waals surface area contributed by atoms with E-state index in [9.17, 15) is 4.39 Å². The van der Waals surface area contributed by atoms with Crippen LogP contribution in [0.5, 0.6) is 0 Å². The molecule has 0 saturated carbocycles. The topological polar surface area (TPSA) is 91.6 Å². The van der Waals surface area contributed by atoms with Gasteiger partial charge in [0, 0.05) is 5.56 Å². The maximum atomic E-state index is 12.9. The van der Waals surface area contributed by atoms with Gasteiger partial charge in [-0.05, 0) is 17.7 Å². The number of nitrogens with zero attached hydrogens (tertiary/aromatic N) is 1. The van der Waals surface area contributed by atoms with Gasteiger partial charge in [-0.25, -0.2) is 4.39 Å². The summed E-state index contributed by atoms with van der Waals surface area (Å²) in [6.07, 6.45) is 0. The molecule has 0 aliphatic rings. The molecule has 0 unspecified atom stereocenters. The first kappa shape index (κ1) is 12.1. The molecule has 0 saturated heterocycles. The second-order valence-corrected chi connectivity index (χ2v) is 4.06. The summed E-state index contributed by atoms with van der Waals surface area (Å²) in [5.74, 6) is -0.221. The van der Waals surface area contributed by atoms with Gasteiger partial charge in [0.25, 0.3) is 0 Å². The molecule has 0 atom stereocenters. The van der Waals surface area contributed by atoms with E-state index in [0.29, 0.717) is 11.1 Å². The number of nitrogens with one attached hydrogen (secondary N) is 1. The van der Waals surface area contributed by atoms with Crippen molar-refractivity contribution in [2.75, 3.05) is 11.5 Å². The number of aromatic amines is 1. The highest BCUT2D eigenvalue weighted by molar-refractivity contribution is 7.71. The Bertz CT molecular complexity index is 698. The van der Waals surface area contributed by atoms with Gasteiger partial charge in [-0.2, -0.15) is 5.26 Å². The fourth-order valence-electron chi connectivity index (χ4n) is 1.67. The summed E-state index contributed by atoms with van der Waals surface area (Å²) in [5, 5.41) is 9.12. The summed E-state index contributed by atoms with van der Waals surface area (Å²) in [4.78, 5) is 2.65. The number of nitrogens with two attached hydrogens (primary N) is 2. The highest BCUT2D eigenvalue weighted by Crippen LogP contribution is 2.32. The molecule has 18 heavy (non-hydrogen) atoms. The summed E-state index contributed by atoms with van der Waals surface area (Å²) < 4.78 is 13.2. The van der Waals surface area contributed by atoms with Crippen molar-refractivity contribution in [1.29, 1.82) is 5.26 Å². The van der Waals surface area contributed by atoms with E-state index in [1.54, 1.807) is 0 Å². The van der Waals surface area contributed by atoms with E-state index in [2.05, 4.69) is 4.98 Å². The maximum absolute atomic E-state index is 12.9. The Morgan fingerprint density at radius 1 is 1.22 bits per heavy atom. The molecule has 90 valence electrons. The zero-order valence-electron chi connectivity index (χ0n) is 9.20. The third-order valence-corrected chi connectivity index (χ3v) is 2.85. The molecular weight excluding hydrogens is 251 g/mol. The number of H-pyrrole nitrogens is 1. The Morgan fingerprint density at radius 3 is 2.39 bits per heavy atom. The molecule has 0 amide bonds. The van der Waals surface area contributed by atoms with Crippen molar-refractivity contribution in [2.24, 2.45) is 0 Å². The molecule has 0 aliphatic heterocycles. The summed E-state index contributed by atoms with van der Waals surface area (Å²) in [5.41, 5.74) is 13.0. The van der Waals surface area contributed by atoms with Gasteiger partial charge in [0.2, 0.25) is 0 Å². The monoisotopic (exact) mass is 260 g/mol. The highest BCUT2D eigenvalue weighted by Gasteiger charge is 2.14. The van der Waals surface area contributed by atoms with Gasteiger partial charge in [-0.15, -0.1) is 0 Å². The van der Waals surface area contributed by atoms with E-state index >= 15 is 0 Å². The molecule has 0 fully saturated rings. The number of rotatable bonds is 1. The molecule has 1 aromatic carbocycles. The van der Waals surface area contributed by atoms with Crippen molar-refractivity contribution in [2.45, 2.75) is 0 Å². The molecule has 0 bridgehead atoms. The number of halogens is 1. The molecular formula is C12H9FN4S. The predicted molar refractivity (Wildman–Crippen MR) is 70.6 cm³/mol. The molecule has 1 aromatic heterocycles. The summed E-state index contributed by atoms with van der Waals surface area (Å²) in [7, 11) is 0. The van der Waals surface area contributed by atoms with Crippen molar-refractivity contribution in [3.63, 3.8) is 0 Å². The number of hydrogen-bond acceptors (Lipinski definition) is 4. The smallest absolute Gasteiger partial charge is 0.128 e. The molecule has 1 heterocycles. The van der Waals surface area contributed by atoms with E-state index in [0.717, 1.165) is 0 Å². The van der Waals surface area contributed by atoms with Crippen LogP contribution in [0, 0.1) is 21.8 Å². The molecule has 2 aromatic rings. The lowest BCUT2D eigenvalue weighted by Crippen LogP contribution is -2.03. The minimum absolute atomic E-state index is 0.149. The van der Waals surface area contributed by atoms with Crippen LogP contribution >= 0.6 is 12.2 Å². The first-order valence-electron chi connectivity index (χ1n) is 5.02. The lowest BCUT2D eigenvalue weighted by atomic mass is 10.00. The Labute approximate surface area is 108 Å².